The summed E-state index contributed by atoms with van der Waals surface area (Å²) in [6, 6.07) is 9.45. The van der Waals surface area contributed by atoms with Gasteiger partial charge in [0.15, 0.2) is 11.5 Å². The lowest BCUT2D eigenvalue weighted by atomic mass is 10.2. The van der Waals surface area contributed by atoms with E-state index in [0.29, 0.717) is 24.3 Å². The number of hydrogen-bond donors (Lipinski definition) is 1. The molecule has 138 valence electrons. The van der Waals surface area contributed by atoms with Crippen LogP contribution in [0.2, 0.25) is 0 Å². The van der Waals surface area contributed by atoms with Crippen molar-refractivity contribution in [1.82, 2.24) is 29.6 Å². The molecule has 0 radical (unpaired) electrons. The molecule has 4 aromatic heterocycles. The van der Waals surface area contributed by atoms with Crippen molar-refractivity contribution in [2.24, 2.45) is 0 Å². The molecule has 4 aromatic rings. The number of carbonyl (C=O) groups is 1. The third-order valence-corrected chi connectivity index (χ3v) is 4.54. The Balaban J connectivity index is 1.47. The summed E-state index contributed by atoms with van der Waals surface area (Å²) in [5.74, 6) is 2.10. The van der Waals surface area contributed by atoms with Crippen LogP contribution in [0.5, 0.6) is 0 Å². The molecule has 27 heavy (non-hydrogen) atoms. The van der Waals surface area contributed by atoms with Gasteiger partial charge in [0.1, 0.15) is 11.6 Å². The van der Waals surface area contributed by atoms with Crippen LogP contribution in [0.4, 0.5) is 0 Å². The Labute approximate surface area is 155 Å². The van der Waals surface area contributed by atoms with E-state index in [2.05, 4.69) is 20.7 Å². The lowest BCUT2D eigenvalue weighted by Crippen LogP contribution is -2.26. The molecule has 0 aliphatic heterocycles. The molecule has 0 unspecified atom stereocenters. The number of hydrogen-bond acceptors (Lipinski definition) is 5. The summed E-state index contributed by atoms with van der Waals surface area (Å²) in [5.41, 5.74) is 3.17. The molecule has 0 bridgehead atoms. The molecule has 0 atom stereocenters. The molecule has 0 spiro atoms. The molecule has 4 heterocycles. The molecule has 0 aromatic carbocycles. The highest BCUT2D eigenvalue weighted by molar-refractivity contribution is 5.95. The number of fused-ring (bicyclic) bond motifs is 1. The molecule has 8 nitrogen and oxygen atoms in total. The first-order valence-corrected chi connectivity index (χ1v) is 8.74. The summed E-state index contributed by atoms with van der Waals surface area (Å²) < 4.78 is 8.99. The summed E-state index contributed by atoms with van der Waals surface area (Å²) in [6.07, 6.45) is 2.51. The number of nitrogens with zero attached hydrogens (tertiary/aromatic N) is 5. The minimum Gasteiger partial charge on any atom is -0.360 e. The number of pyridine rings is 1. The van der Waals surface area contributed by atoms with Crippen molar-refractivity contribution in [1.29, 1.82) is 0 Å². The third kappa shape index (κ3) is 3.10. The van der Waals surface area contributed by atoms with Crippen LogP contribution >= 0.6 is 0 Å². The first-order valence-electron chi connectivity index (χ1n) is 8.74. The van der Waals surface area contributed by atoms with E-state index in [-0.39, 0.29) is 5.91 Å². The summed E-state index contributed by atoms with van der Waals surface area (Å²) in [4.78, 5) is 12.6. The first kappa shape index (κ1) is 17.0. The molecule has 4 rings (SSSR count). The topological polar surface area (TPSA) is 90.2 Å². The Morgan fingerprint density at radius 3 is 2.81 bits per heavy atom. The summed E-state index contributed by atoms with van der Waals surface area (Å²) in [6.45, 7) is 6.15. The molecule has 1 N–H and O–H groups in total. The van der Waals surface area contributed by atoms with Crippen molar-refractivity contribution in [3.63, 3.8) is 0 Å². The van der Waals surface area contributed by atoms with Crippen molar-refractivity contribution < 1.29 is 9.32 Å². The zero-order valence-corrected chi connectivity index (χ0v) is 15.4. The number of aromatic nitrogens is 5. The van der Waals surface area contributed by atoms with E-state index in [4.69, 9.17) is 4.52 Å². The van der Waals surface area contributed by atoms with E-state index >= 15 is 0 Å². The highest BCUT2D eigenvalue weighted by atomic mass is 16.5. The van der Waals surface area contributed by atoms with Crippen molar-refractivity contribution in [2.75, 3.05) is 6.54 Å². The van der Waals surface area contributed by atoms with Crippen LogP contribution in [0.3, 0.4) is 0 Å². The van der Waals surface area contributed by atoms with Crippen LogP contribution in [-0.2, 0) is 6.42 Å². The fourth-order valence-electron chi connectivity index (χ4n) is 3.25. The summed E-state index contributed by atoms with van der Waals surface area (Å²) in [5, 5.41) is 15.3. The zero-order valence-electron chi connectivity index (χ0n) is 15.4. The predicted octanol–water partition coefficient (Wildman–Crippen LogP) is 2.41. The maximum atomic E-state index is 12.6. The number of nitrogens with one attached hydrogen (secondary N) is 1. The number of carbonyl (C=O) groups excluding carboxylic acids is 1. The van der Waals surface area contributed by atoms with Crippen molar-refractivity contribution in [2.45, 2.75) is 27.2 Å². The highest BCUT2D eigenvalue weighted by Gasteiger charge is 2.18. The molecular weight excluding hydrogens is 344 g/mol. The molecule has 0 fully saturated rings. The molecule has 0 saturated heterocycles. The monoisotopic (exact) mass is 364 g/mol. The molecule has 0 saturated carbocycles. The quantitative estimate of drug-likeness (QED) is 0.587. The van der Waals surface area contributed by atoms with E-state index in [0.717, 1.165) is 28.6 Å². The van der Waals surface area contributed by atoms with Gasteiger partial charge >= 0.3 is 0 Å². The minimum atomic E-state index is -0.122. The predicted molar refractivity (Wildman–Crippen MR) is 99.1 cm³/mol. The van der Waals surface area contributed by atoms with Crippen LogP contribution < -0.4 is 5.32 Å². The van der Waals surface area contributed by atoms with Gasteiger partial charge in [-0.05, 0) is 39.0 Å². The van der Waals surface area contributed by atoms with Gasteiger partial charge in [0, 0.05) is 36.6 Å². The van der Waals surface area contributed by atoms with Gasteiger partial charge in [-0.2, -0.15) is 0 Å². The molecule has 0 aliphatic rings. The van der Waals surface area contributed by atoms with Crippen LogP contribution in [0, 0.1) is 20.8 Å². The maximum absolute atomic E-state index is 12.6. The number of amides is 1. The molecule has 0 aliphatic carbocycles. The standard InChI is InChI=1S/C19H20N6O2/c1-12-10-15(14(3)25(12)18-11-13(2)27-23-18)19(26)20-8-7-17-22-21-16-6-4-5-9-24(16)17/h4-6,9-11H,7-8H2,1-3H3,(H,20,26). The van der Waals surface area contributed by atoms with Crippen LogP contribution in [-0.4, -0.2) is 36.8 Å². The fraction of sp³-hybridized carbons (Fsp3) is 0.263. The van der Waals surface area contributed by atoms with Crippen LogP contribution in [0.25, 0.3) is 11.5 Å². The smallest absolute Gasteiger partial charge is 0.253 e. The van der Waals surface area contributed by atoms with Gasteiger partial charge in [0.05, 0.1) is 5.56 Å². The zero-order chi connectivity index (χ0) is 19.0. The largest absolute Gasteiger partial charge is 0.360 e. The van der Waals surface area contributed by atoms with Gasteiger partial charge in [-0.15, -0.1) is 10.2 Å². The van der Waals surface area contributed by atoms with Crippen molar-refractivity contribution >= 4 is 11.6 Å². The first-order chi connectivity index (χ1) is 13.0. The second-order valence-corrected chi connectivity index (χ2v) is 6.47. The van der Waals surface area contributed by atoms with E-state index in [1.165, 1.54) is 0 Å². The van der Waals surface area contributed by atoms with E-state index in [9.17, 15) is 4.79 Å². The van der Waals surface area contributed by atoms with E-state index < -0.39 is 0 Å². The highest BCUT2D eigenvalue weighted by Crippen LogP contribution is 2.20. The van der Waals surface area contributed by atoms with Crippen LogP contribution in [0.15, 0.2) is 41.1 Å². The van der Waals surface area contributed by atoms with Gasteiger partial charge in [-0.3, -0.25) is 13.8 Å². The SMILES string of the molecule is Cc1cc(-n2c(C)cc(C(=O)NCCc3nnc4ccccn34)c2C)no1. The maximum Gasteiger partial charge on any atom is 0.253 e. The van der Waals surface area contributed by atoms with Gasteiger partial charge < -0.3 is 9.84 Å². The van der Waals surface area contributed by atoms with E-state index in [1.54, 1.807) is 0 Å². The van der Waals surface area contributed by atoms with E-state index in [1.807, 2.05) is 66.3 Å². The van der Waals surface area contributed by atoms with Crippen LogP contribution in [0.1, 0.15) is 33.3 Å². The lowest BCUT2D eigenvalue weighted by molar-refractivity contribution is 0.0953. The van der Waals surface area contributed by atoms with Gasteiger partial charge in [0.25, 0.3) is 5.91 Å². The number of aryl methyl sites for hydroxylation is 2. The average Bonchev–Trinajstić information content (AvgIpc) is 3.33. The summed E-state index contributed by atoms with van der Waals surface area (Å²) in [7, 11) is 0. The Hall–Kier alpha value is -3.42. The normalized spacial score (nSPS) is 11.2. The van der Waals surface area contributed by atoms with Gasteiger partial charge in [-0.25, -0.2) is 0 Å². The second kappa shape index (κ2) is 6.71. The third-order valence-electron chi connectivity index (χ3n) is 4.54. The Kier molecular flexibility index (Phi) is 4.23. The average molecular weight is 364 g/mol. The Morgan fingerprint density at radius 1 is 1.19 bits per heavy atom. The van der Waals surface area contributed by atoms with Gasteiger partial charge in [-0.1, -0.05) is 11.2 Å². The number of rotatable bonds is 5. The molecular formula is C19H20N6O2. The molecule has 8 heteroatoms. The molecule has 1 amide bonds. The fourth-order valence-corrected chi connectivity index (χ4v) is 3.25. The van der Waals surface area contributed by atoms with Crippen molar-refractivity contribution in [3.05, 3.63) is 65.1 Å². The minimum absolute atomic E-state index is 0.122. The Morgan fingerprint density at radius 2 is 2.04 bits per heavy atom. The Bertz CT molecular complexity index is 1120. The lowest BCUT2D eigenvalue weighted by Gasteiger charge is -2.06. The summed E-state index contributed by atoms with van der Waals surface area (Å²) >= 11 is 0. The van der Waals surface area contributed by atoms with Gasteiger partial charge in [0.2, 0.25) is 0 Å². The van der Waals surface area contributed by atoms with Crippen molar-refractivity contribution in [3.8, 4) is 5.82 Å². The second-order valence-electron chi connectivity index (χ2n) is 6.47.